The smallest absolute Gasteiger partial charge is 0.358 e. The van der Waals surface area contributed by atoms with Gasteiger partial charge in [-0.05, 0) is 36.3 Å². The molecule has 1 unspecified atom stereocenters. The van der Waals surface area contributed by atoms with Crippen molar-refractivity contribution in [2.75, 3.05) is 31.9 Å². The SMILES string of the molecule is CC/C=C\C1=C(C(=O)OCOC(=O)c2ccc(OC(=O)CN)cc2)N2C(=O)C(NC(=O)/C(=N\OC)c3csc(N)n3)[C@H]2SC1. The number of fused-ring (bicyclic) bond motifs is 1. The van der Waals surface area contributed by atoms with Gasteiger partial charge in [0, 0.05) is 11.1 Å². The first kappa shape index (κ1) is 32.2. The Bertz CT molecular complexity index is 1540. The molecule has 15 nitrogen and oxygen atoms in total. The Morgan fingerprint density at radius 3 is 2.55 bits per heavy atom. The van der Waals surface area contributed by atoms with Gasteiger partial charge in [0.15, 0.2) is 10.8 Å². The number of anilines is 1. The Labute approximate surface area is 259 Å². The molecule has 2 amide bonds. The molecular formula is C27H28N6O9S2. The fraction of sp³-hybridized carbons (Fsp3) is 0.296. The van der Waals surface area contributed by atoms with E-state index in [1.54, 1.807) is 6.08 Å². The second kappa shape index (κ2) is 14.6. The first-order chi connectivity index (χ1) is 21.2. The number of rotatable bonds is 12. The molecule has 2 aromatic rings. The zero-order valence-electron chi connectivity index (χ0n) is 23.5. The topological polar surface area (TPSA) is 215 Å². The Kier molecular flexibility index (Phi) is 10.7. The number of thiazole rings is 1. The number of carbonyl (C=O) groups excluding carboxylic acids is 5. The van der Waals surface area contributed by atoms with Crippen LogP contribution in [0, 0.1) is 0 Å². The van der Waals surface area contributed by atoms with Crippen molar-refractivity contribution in [3.63, 3.8) is 0 Å². The first-order valence-electron chi connectivity index (χ1n) is 13.0. The number of carbonyl (C=O) groups is 5. The minimum atomic E-state index is -0.977. The summed E-state index contributed by atoms with van der Waals surface area (Å²) in [5.41, 5.74) is 11.5. The Hall–Kier alpha value is -4.74. The van der Waals surface area contributed by atoms with Crippen LogP contribution in [0.3, 0.4) is 0 Å². The predicted octanol–water partition coefficient (Wildman–Crippen LogP) is 0.918. The maximum atomic E-state index is 13.3. The van der Waals surface area contributed by atoms with Crippen molar-refractivity contribution in [1.82, 2.24) is 15.2 Å². The number of nitrogen functional groups attached to an aromatic ring is 1. The van der Waals surface area contributed by atoms with Crippen LogP contribution in [-0.4, -0.2) is 82.9 Å². The molecular weight excluding hydrogens is 616 g/mol. The second-order valence-electron chi connectivity index (χ2n) is 8.92. The lowest BCUT2D eigenvalue weighted by atomic mass is 10.0. The van der Waals surface area contributed by atoms with E-state index < -0.39 is 47.9 Å². The maximum Gasteiger partial charge on any atom is 0.358 e. The van der Waals surface area contributed by atoms with Gasteiger partial charge in [-0.3, -0.25) is 19.3 Å². The highest BCUT2D eigenvalue weighted by Gasteiger charge is 2.54. The highest BCUT2D eigenvalue weighted by Crippen LogP contribution is 2.41. The Morgan fingerprint density at radius 1 is 1.18 bits per heavy atom. The molecule has 0 bridgehead atoms. The lowest BCUT2D eigenvalue weighted by molar-refractivity contribution is -0.157. The molecule has 0 radical (unpaired) electrons. The number of esters is 3. The molecule has 0 saturated carbocycles. The molecule has 4 rings (SSSR count). The summed E-state index contributed by atoms with van der Waals surface area (Å²) in [4.78, 5) is 73.3. The molecule has 2 atom stereocenters. The monoisotopic (exact) mass is 644 g/mol. The van der Waals surface area contributed by atoms with Crippen LogP contribution in [0.1, 0.15) is 29.4 Å². The summed E-state index contributed by atoms with van der Waals surface area (Å²) < 4.78 is 15.2. The maximum absolute atomic E-state index is 13.3. The molecule has 5 N–H and O–H groups in total. The zero-order chi connectivity index (χ0) is 31.8. The summed E-state index contributed by atoms with van der Waals surface area (Å²) in [6.07, 6.45) is 4.23. The first-order valence-corrected chi connectivity index (χ1v) is 14.9. The molecule has 2 aliphatic heterocycles. The minimum absolute atomic E-state index is 0.0193. The third kappa shape index (κ3) is 7.24. The number of hydrogen-bond donors (Lipinski definition) is 3. The lowest BCUT2D eigenvalue weighted by Gasteiger charge is -2.49. The van der Waals surface area contributed by atoms with Crippen molar-refractivity contribution in [3.8, 4) is 5.75 Å². The van der Waals surface area contributed by atoms with Crippen molar-refractivity contribution < 1.29 is 43.0 Å². The summed E-state index contributed by atoms with van der Waals surface area (Å²) in [6, 6.07) is 4.52. The minimum Gasteiger partial charge on any atom is -0.426 e. The van der Waals surface area contributed by atoms with Crippen molar-refractivity contribution >= 4 is 63.7 Å². The third-order valence-corrected chi connectivity index (χ3v) is 8.04. The molecule has 1 saturated heterocycles. The average molecular weight is 645 g/mol. The van der Waals surface area contributed by atoms with Gasteiger partial charge in [0.1, 0.15) is 35.7 Å². The number of hydrogen-bond acceptors (Lipinski definition) is 15. The van der Waals surface area contributed by atoms with E-state index in [9.17, 15) is 24.0 Å². The summed E-state index contributed by atoms with van der Waals surface area (Å²) in [5, 5.41) is 7.50. The molecule has 1 aromatic carbocycles. The lowest BCUT2D eigenvalue weighted by Crippen LogP contribution is -2.71. The van der Waals surface area contributed by atoms with Gasteiger partial charge in [-0.2, -0.15) is 0 Å². The van der Waals surface area contributed by atoms with E-state index in [1.807, 2.05) is 13.0 Å². The summed E-state index contributed by atoms with van der Waals surface area (Å²) in [5.74, 6) is -3.06. The standard InChI is InChI=1S/C27H28N6O9S2/c1-3-4-5-15-11-43-24-20(31-22(35)19(32-39-2)17-12-44-27(29)30-17)23(36)33(24)21(15)26(38)41-13-40-25(37)14-6-8-16(9-7-14)42-18(34)10-28/h4-9,12,20,24H,3,10-11,13,28H2,1-2H3,(H2,29,30)(H,31,35)/b5-4-,32-19-/t20?,24-/m1/s1. The molecule has 17 heteroatoms. The van der Waals surface area contributed by atoms with E-state index >= 15 is 0 Å². The van der Waals surface area contributed by atoms with Gasteiger partial charge < -0.3 is 35.8 Å². The quantitative estimate of drug-likeness (QED) is 0.0733. The van der Waals surface area contributed by atoms with Crippen LogP contribution in [0.15, 0.2) is 58.2 Å². The average Bonchev–Trinajstić information content (AvgIpc) is 3.46. The second-order valence-corrected chi connectivity index (χ2v) is 10.9. The van der Waals surface area contributed by atoms with Gasteiger partial charge in [-0.1, -0.05) is 24.2 Å². The Balaban J connectivity index is 1.41. The summed E-state index contributed by atoms with van der Waals surface area (Å²) in [6.45, 7) is 0.883. The molecule has 2 aliphatic rings. The summed E-state index contributed by atoms with van der Waals surface area (Å²) >= 11 is 2.46. The number of allylic oxidation sites excluding steroid dienone is 2. The van der Waals surface area contributed by atoms with Gasteiger partial charge in [-0.25, -0.2) is 14.6 Å². The van der Waals surface area contributed by atoms with E-state index in [4.69, 9.17) is 30.5 Å². The van der Waals surface area contributed by atoms with Crippen molar-refractivity contribution in [2.45, 2.75) is 24.8 Å². The molecule has 1 aromatic heterocycles. The molecule has 0 spiro atoms. The molecule has 3 heterocycles. The number of nitrogens with zero attached hydrogens (tertiary/aromatic N) is 3. The molecule has 1 fully saturated rings. The van der Waals surface area contributed by atoms with Crippen LogP contribution < -0.4 is 21.5 Å². The van der Waals surface area contributed by atoms with Crippen LogP contribution in [-0.2, 0) is 33.5 Å². The fourth-order valence-corrected chi connectivity index (χ4v) is 5.91. The predicted molar refractivity (Wildman–Crippen MR) is 159 cm³/mol. The fourth-order valence-electron chi connectivity index (χ4n) is 4.04. The summed E-state index contributed by atoms with van der Waals surface area (Å²) in [7, 11) is 1.26. The number of amides is 2. The number of nitrogens with two attached hydrogens (primary N) is 2. The van der Waals surface area contributed by atoms with Crippen LogP contribution in [0.5, 0.6) is 5.75 Å². The number of ether oxygens (including phenoxy) is 3. The zero-order valence-corrected chi connectivity index (χ0v) is 25.1. The van der Waals surface area contributed by atoms with Gasteiger partial charge in [-0.15, -0.1) is 23.1 Å². The number of nitrogens with one attached hydrogen (secondary N) is 1. The third-order valence-electron chi connectivity index (χ3n) is 6.06. The molecule has 232 valence electrons. The van der Waals surface area contributed by atoms with Gasteiger partial charge in [0.05, 0.1) is 12.1 Å². The highest BCUT2D eigenvalue weighted by atomic mass is 32.2. The molecule has 0 aliphatic carbocycles. The van der Waals surface area contributed by atoms with Gasteiger partial charge in [0.25, 0.3) is 11.8 Å². The van der Waals surface area contributed by atoms with Crippen molar-refractivity contribution in [1.29, 1.82) is 0 Å². The van der Waals surface area contributed by atoms with Crippen LogP contribution in [0.2, 0.25) is 0 Å². The number of aromatic nitrogens is 1. The van der Waals surface area contributed by atoms with E-state index in [0.717, 1.165) is 11.3 Å². The number of thioether (sulfide) groups is 1. The largest absolute Gasteiger partial charge is 0.426 e. The van der Waals surface area contributed by atoms with Crippen molar-refractivity contribution in [2.24, 2.45) is 10.9 Å². The number of benzene rings is 1. The van der Waals surface area contributed by atoms with Crippen LogP contribution in [0.4, 0.5) is 5.13 Å². The number of β-lactam (4-membered cyclic amide) rings is 1. The van der Waals surface area contributed by atoms with E-state index in [2.05, 4.69) is 15.5 Å². The highest BCUT2D eigenvalue weighted by molar-refractivity contribution is 8.00. The Morgan fingerprint density at radius 2 is 1.91 bits per heavy atom. The van der Waals surface area contributed by atoms with Gasteiger partial charge >= 0.3 is 17.9 Å². The van der Waals surface area contributed by atoms with E-state index in [1.165, 1.54) is 53.4 Å². The van der Waals surface area contributed by atoms with E-state index in [-0.39, 0.29) is 40.1 Å². The number of oxime groups is 1. The molecule has 44 heavy (non-hydrogen) atoms. The van der Waals surface area contributed by atoms with Gasteiger partial charge in [0.2, 0.25) is 6.79 Å². The van der Waals surface area contributed by atoms with E-state index in [0.29, 0.717) is 17.7 Å². The van der Waals surface area contributed by atoms with Crippen molar-refractivity contribution in [3.05, 3.63) is 64.3 Å². The van der Waals surface area contributed by atoms with Crippen LogP contribution in [0.25, 0.3) is 0 Å². The normalized spacial score (nSPS) is 17.9. The van der Waals surface area contributed by atoms with Crippen LogP contribution >= 0.6 is 23.1 Å².